The predicted octanol–water partition coefficient (Wildman–Crippen LogP) is -0.668. The van der Waals surface area contributed by atoms with Gasteiger partial charge in [-0.2, -0.15) is 0 Å². The van der Waals surface area contributed by atoms with Crippen LogP contribution >= 0.6 is 0 Å². The average molecular weight is 216 g/mol. The third-order valence-corrected chi connectivity index (χ3v) is 2.38. The Morgan fingerprint density at radius 2 is 2.33 bits per heavy atom. The van der Waals surface area contributed by atoms with E-state index in [1.54, 1.807) is 4.90 Å². The normalized spacial score (nSPS) is 28.9. The number of aliphatic hydroxyl groups excluding tert-OH is 1. The summed E-state index contributed by atoms with van der Waals surface area (Å²) < 4.78 is 5.45. The highest BCUT2D eigenvalue weighted by Crippen LogP contribution is 2.12. The number of aliphatic hydroxyl groups is 1. The number of nitrogens with two attached hydrogens (primary N) is 1. The van der Waals surface area contributed by atoms with Crippen molar-refractivity contribution in [2.24, 2.45) is 5.73 Å². The summed E-state index contributed by atoms with van der Waals surface area (Å²) in [5.74, 6) is 0.0404. The number of hydrogen-bond acceptors (Lipinski definition) is 4. The lowest BCUT2D eigenvalue weighted by Crippen LogP contribution is -2.51. The van der Waals surface area contributed by atoms with Crippen molar-refractivity contribution in [1.82, 2.24) is 4.90 Å². The van der Waals surface area contributed by atoms with Gasteiger partial charge >= 0.3 is 0 Å². The number of nitrogens with zero attached hydrogens (tertiary/aromatic N) is 1. The molecule has 0 saturated carbocycles. The topological polar surface area (TPSA) is 75.8 Å². The van der Waals surface area contributed by atoms with Crippen LogP contribution in [0.25, 0.3) is 0 Å². The molecule has 5 heteroatoms. The number of carbonyl (C=O) groups is 1. The van der Waals surface area contributed by atoms with Crippen molar-refractivity contribution < 1.29 is 14.6 Å². The molecule has 1 rings (SSSR count). The van der Waals surface area contributed by atoms with Crippen molar-refractivity contribution in [3.63, 3.8) is 0 Å². The Morgan fingerprint density at radius 1 is 1.67 bits per heavy atom. The maximum Gasteiger partial charge on any atom is 0.224 e. The van der Waals surface area contributed by atoms with Gasteiger partial charge in [0.25, 0.3) is 0 Å². The summed E-state index contributed by atoms with van der Waals surface area (Å²) in [6.45, 7) is 4.71. The van der Waals surface area contributed by atoms with Crippen LogP contribution in [0.5, 0.6) is 0 Å². The van der Waals surface area contributed by atoms with Crippen LogP contribution in [0, 0.1) is 0 Å². The van der Waals surface area contributed by atoms with Crippen LogP contribution in [0.1, 0.15) is 20.3 Å². The van der Waals surface area contributed by atoms with Gasteiger partial charge in [-0.3, -0.25) is 4.79 Å². The van der Waals surface area contributed by atoms with Gasteiger partial charge in [0.05, 0.1) is 18.8 Å². The van der Waals surface area contributed by atoms with Crippen LogP contribution in [0.3, 0.4) is 0 Å². The fourth-order valence-corrected chi connectivity index (χ4v) is 1.75. The Labute approximate surface area is 90.2 Å². The van der Waals surface area contributed by atoms with E-state index in [2.05, 4.69) is 0 Å². The van der Waals surface area contributed by atoms with Gasteiger partial charge < -0.3 is 20.5 Å². The monoisotopic (exact) mass is 216 g/mol. The molecule has 3 unspecified atom stereocenters. The first-order valence-corrected chi connectivity index (χ1v) is 5.32. The molecule has 0 aromatic rings. The van der Waals surface area contributed by atoms with E-state index in [4.69, 9.17) is 15.6 Å². The molecule has 1 heterocycles. The minimum Gasteiger partial charge on any atom is -0.394 e. The van der Waals surface area contributed by atoms with Gasteiger partial charge in [-0.25, -0.2) is 0 Å². The number of amides is 1. The van der Waals surface area contributed by atoms with Crippen LogP contribution in [0.2, 0.25) is 0 Å². The third-order valence-electron chi connectivity index (χ3n) is 2.38. The number of rotatable bonds is 3. The SMILES string of the molecule is CC(N)CC(=O)N1CC(C)OC(CO)C1. The molecule has 1 amide bonds. The molecule has 0 bridgehead atoms. The van der Waals surface area contributed by atoms with Gasteiger partial charge in [-0.1, -0.05) is 0 Å². The molecule has 1 aliphatic heterocycles. The Morgan fingerprint density at radius 3 is 2.87 bits per heavy atom. The van der Waals surface area contributed by atoms with Gasteiger partial charge in [0.15, 0.2) is 0 Å². The predicted molar refractivity (Wildman–Crippen MR) is 56.3 cm³/mol. The molecular weight excluding hydrogens is 196 g/mol. The largest absolute Gasteiger partial charge is 0.394 e. The molecular formula is C10H20N2O3. The molecule has 1 saturated heterocycles. The van der Waals surface area contributed by atoms with E-state index in [0.717, 1.165) is 0 Å². The zero-order valence-corrected chi connectivity index (χ0v) is 9.35. The molecule has 0 aromatic heterocycles. The first-order valence-electron chi connectivity index (χ1n) is 5.32. The summed E-state index contributed by atoms with van der Waals surface area (Å²) in [4.78, 5) is 13.4. The first-order chi connectivity index (χ1) is 7.02. The highest BCUT2D eigenvalue weighted by molar-refractivity contribution is 5.76. The summed E-state index contributed by atoms with van der Waals surface area (Å²) in [5, 5.41) is 9.00. The molecule has 88 valence electrons. The molecule has 0 aromatic carbocycles. The van der Waals surface area contributed by atoms with Crippen LogP contribution in [-0.2, 0) is 9.53 Å². The lowest BCUT2D eigenvalue weighted by molar-refractivity contribution is -0.147. The summed E-state index contributed by atoms with van der Waals surface area (Å²) in [7, 11) is 0. The van der Waals surface area contributed by atoms with Crippen molar-refractivity contribution in [2.45, 2.75) is 38.5 Å². The highest BCUT2D eigenvalue weighted by Gasteiger charge is 2.27. The number of ether oxygens (including phenoxy) is 1. The van der Waals surface area contributed by atoms with E-state index in [9.17, 15) is 4.79 Å². The quantitative estimate of drug-likeness (QED) is 0.656. The number of carbonyl (C=O) groups excluding carboxylic acids is 1. The molecule has 1 aliphatic rings. The van der Waals surface area contributed by atoms with E-state index in [0.29, 0.717) is 19.5 Å². The molecule has 3 N–H and O–H groups in total. The minimum atomic E-state index is -0.259. The number of morpholine rings is 1. The summed E-state index contributed by atoms with van der Waals surface area (Å²) in [6.07, 6.45) is 0.0731. The van der Waals surface area contributed by atoms with Crippen molar-refractivity contribution in [3.8, 4) is 0 Å². The summed E-state index contributed by atoms with van der Waals surface area (Å²) in [5.41, 5.74) is 5.57. The van der Waals surface area contributed by atoms with Gasteiger partial charge in [-0.05, 0) is 13.8 Å². The van der Waals surface area contributed by atoms with Gasteiger partial charge in [-0.15, -0.1) is 0 Å². The smallest absolute Gasteiger partial charge is 0.224 e. The Kier molecular flexibility index (Phi) is 4.50. The molecule has 0 aliphatic carbocycles. The lowest BCUT2D eigenvalue weighted by atomic mass is 10.1. The highest BCUT2D eigenvalue weighted by atomic mass is 16.5. The average Bonchev–Trinajstić information content (AvgIpc) is 2.15. The number of hydrogen-bond donors (Lipinski definition) is 2. The molecule has 3 atom stereocenters. The molecule has 15 heavy (non-hydrogen) atoms. The van der Waals surface area contributed by atoms with Gasteiger partial charge in [0, 0.05) is 25.6 Å². The summed E-state index contributed by atoms with van der Waals surface area (Å²) >= 11 is 0. The van der Waals surface area contributed by atoms with E-state index >= 15 is 0 Å². The maximum absolute atomic E-state index is 11.7. The van der Waals surface area contributed by atoms with E-state index in [1.807, 2.05) is 13.8 Å². The van der Waals surface area contributed by atoms with Crippen molar-refractivity contribution in [1.29, 1.82) is 0 Å². The van der Waals surface area contributed by atoms with E-state index in [-0.39, 0.29) is 30.8 Å². The molecule has 0 radical (unpaired) electrons. The Balaban J connectivity index is 2.50. The van der Waals surface area contributed by atoms with Crippen molar-refractivity contribution in [3.05, 3.63) is 0 Å². The van der Waals surface area contributed by atoms with Gasteiger partial charge in [0.1, 0.15) is 0 Å². The molecule has 0 spiro atoms. The van der Waals surface area contributed by atoms with Gasteiger partial charge in [0.2, 0.25) is 5.91 Å². The fourth-order valence-electron chi connectivity index (χ4n) is 1.75. The molecule has 5 nitrogen and oxygen atoms in total. The van der Waals surface area contributed by atoms with Crippen LogP contribution in [-0.4, -0.2) is 53.9 Å². The fraction of sp³-hybridized carbons (Fsp3) is 0.900. The minimum absolute atomic E-state index is 0.0204. The maximum atomic E-state index is 11.7. The van der Waals surface area contributed by atoms with Crippen LogP contribution in [0.4, 0.5) is 0 Å². The van der Waals surface area contributed by atoms with E-state index in [1.165, 1.54) is 0 Å². The van der Waals surface area contributed by atoms with E-state index < -0.39 is 0 Å². The standard InChI is InChI=1S/C10H20N2O3/c1-7(11)3-10(14)12-4-8(2)15-9(5-12)6-13/h7-9,13H,3-6,11H2,1-2H3. The first kappa shape index (κ1) is 12.4. The second-order valence-corrected chi connectivity index (χ2v) is 4.23. The Bertz CT molecular complexity index is 221. The second kappa shape index (κ2) is 5.44. The second-order valence-electron chi connectivity index (χ2n) is 4.23. The zero-order chi connectivity index (χ0) is 11.4. The molecule has 1 fully saturated rings. The van der Waals surface area contributed by atoms with Crippen molar-refractivity contribution >= 4 is 5.91 Å². The zero-order valence-electron chi connectivity index (χ0n) is 9.35. The lowest BCUT2D eigenvalue weighted by Gasteiger charge is -2.36. The Hall–Kier alpha value is -0.650. The van der Waals surface area contributed by atoms with Crippen molar-refractivity contribution in [2.75, 3.05) is 19.7 Å². The van der Waals surface area contributed by atoms with Crippen LogP contribution in [0.15, 0.2) is 0 Å². The van der Waals surface area contributed by atoms with Crippen LogP contribution < -0.4 is 5.73 Å². The third kappa shape index (κ3) is 3.77. The summed E-state index contributed by atoms with van der Waals surface area (Å²) in [6, 6.07) is -0.122.